The van der Waals surface area contributed by atoms with Gasteiger partial charge < -0.3 is 10.1 Å². The normalized spacial score (nSPS) is 17.7. The summed E-state index contributed by atoms with van der Waals surface area (Å²) in [5.41, 5.74) is 2.25. The standard InChI is InChI=1S/C15H13BrClN5O/c16-9-3-5-10(6-4-9)19-13-12-14(21-15(17)20-13)22(8-18-12)11-2-1-7-23-11/h3-6,8,11H,1-2,7H2,(H,19,20,21). The number of rotatable bonds is 3. The number of benzene rings is 1. The molecule has 118 valence electrons. The zero-order chi connectivity index (χ0) is 15.8. The molecule has 1 saturated heterocycles. The van der Waals surface area contributed by atoms with Gasteiger partial charge >= 0.3 is 0 Å². The van der Waals surface area contributed by atoms with E-state index in [-0.39, 0.29) is 11.5 Å². The highest BCUT2D eigenvalue weighted by Crippen LogP contribution is 2.30. The van der Waals surface area contributed by atoms with Gasteiger partial charge in [0.05, 0.1) is 6.33 Å². The van der Waals surface area contributed by atoms with Crippen LogP contribution in [-0.2, 0) is 4.74 Å². The summed E-state index contributed by atoms with van der Waals surface area (Å²) in [6, 6.07) is 7.80. The highest BCUT2D eigenvalue weighted by molar-refractivity contribution is 9.10. The van der Waals surface area contributed by atoms with Crippen molar-refractivity contribution in [3.8, 4) is 0 Å². The van der Waals surface area contributed by atoms with E-state index in [1.165, 1.54) is 0 Å². The van der Waals surface area contributed by atoms with Crippen LogP contribution in [0.4, 0.5) is 11.5 Å². The number of fused-ring (bicyclic) bond motifs is 1. The summed E-state index contributed by atoms with van der Waals surface area (Å²) >= 11 is 9.52. The van der Waals surface area contributed by atoms with Crippen molar-refractivity contribution in [1.82, 2.24) is 19.5 Å². The summed E-state index contributed by atoms with van der Waals surface area (Å²) in [4.78, 5) is 13.0. The number of hydrogen-bond donors (Lipinski definition) is 1. The second-order valence-corrected chi connectivity index (χ2v) is 6.52. The number of hydrogen-bond acceptors (Lipinski definition) is 5. The maximum absolute atomic E-state index is 6.10. The maximum Gasteiger partial charge on any atom is 0.226 e. The van der Waals surface area contributed by atoms with Crippen LogP contribution in [0, 0.1) is 0 Å². The Morgan fingerprint density at radius 3 is 2.83 bits per heavy atom. The van der Waals surface area contributed by atoms with Gasteiger partial charge in [-0.15, -0.1) is 0 Å². The first-order chi connectivity index (χ1) is 11.2. The third-order valence-electron chi connectivity index (χ3n) is 3.72. The molecule has 1 unspecified atom stereocenters. The molecule has 3 aromatic rings. The number of halogens is 2. The minimum Gasteiger partial charge on any atom is -0.358 e. The van der Waals surface area contributed by atoms with Gasteiger partial charge in [-0.05, 0) is 48.7 Å². The Morgan fingerprint density at radius 1 is 1.26 bits per heavy atom. The van der Waals surface area contributed by atoms with Crippen molar-refractivity contribution in [2.45, 2.75) is 19.1 Å². The molecule has 1 aliphatic rings. The number of nitrogens with zero attached hydrogens (tertiary/aromatic N) is 4. The van der Waals surface area contributed by atoms with Crippen LogP contribution in [0.15, 0.2) is 35.1 Å². The smallest absolute Gasteiger partial charge is 0.226 e. The molecule has 2 aromatic heterocycles. The third-order valence-corrected chi connectivity index (χ3v) is 4.41. The van der Waals surface area contributed by atoms with Gasteiger partial charge in [0.2, 0.25) is 5.28 Å². The highest BCUT2D eigenvalue weighted by Gasteiger charge is 2.22. The van der Waals surface area contributed by atoms with Gasteiger partial charge in [0, 0.05) is 16.8 Å². The van der Waals surface area contributed by atoms with E-state index in [1.54, 1.807) is 6.33 Å². The molecule has 0 radical (unpaired) electrons. The first kappa shape index (κ1) is 14.9. The van der Waals surface area contributed by atoms with Crippen LogP contribution in [0.3, 0.4) is 0 Å². The van der Waals surface area contributed by atoms with E-state index in [2.05, 4.69) is 36.2 Å². The van der Waals surface area contributed by atoms with Crippen LogP contribution in [0.25, 0.3) is 11.2 Å². The van der Waals surface area contributed by atoms with E-state index in [0.29, 0.717) is 17.0 Å². The lowest BCUT2D eigenvalue weighted by molar-refractivity contribution is 0.0593. The summed E-state index contributed by atoms with van der Waals surface area (Å²) in [6.07, 6.45) is 3.68. The van der Waals surface area contributed by atoms with Crippen molar-refractivity contribution in [2.75, 3.05) is 11.9 Å². The van der Waals surface area contributed by atoms with E-state index in [4.69, 9.17) is 16.3 Å². The monoisotopic (exact) mass is 393 g/mol. The van der Waals surface area contributed by atoms with Crippen molar-refractivity contribution >= 4 is 50.2 Å². The Bertz CT molecular complexity index is 845. The fourth-order valence-corrected chi connectivity index (χ4v) is 3.07. The molecule has 1 fully saturated rings. The van der Waals surface area contributed by atoms with E-state index < -0.39 is 0 Å². The molecule has 1 aromatic carbocycles. The summed E-state index contributed by atoms with van der Waals surface area (Å²) in [7, 11) is 0. The van der Waals surface area contributed by atoms with Crippen molar-refractivity contribution in [3.63, 3.8) is 0 Å². The molecule has 0 saturated carbocycles. The Balaban J connectivity index is 1.75. The molecule has 1 N–H and O–H groups in total. The largest absolute Gasteiger partial charge is 0.358 e. The van der Waals surface area contributed by atoms with E-state index >= 15 is 0 Å². The average molecular weight is 395 g/mol. The molecule has 0 bridgehead atoms. The maximum atomic E-state index is 6.10. The Kier molecular flexibility index (Phi) is 3.92. The second-order valence-electron chi connectivity index (χ2n) is 5.26. The van der Waals surface area contributed by atoms with Crippen LogP contribution >= 0.6 is 27.5 Å². The van der Waals surface area contributed by atoms with Crippen molar-refractivity contribution in [1.29, 1.82) is 0 Å². The van der Waals surface area contributed by atoms with Crippen molar-refractivity contribution in [3.05, 3.63) is 40.3 Å². The van der Waals surface area contributed by atoms with Gasteiger partial charge in [0.25, 0.3) is 0 Å². The fraction of sp³-hybridized carbons (Fsp3) is 0.267. The summed E-state index contributed by atoms with van der Waals surface area (Å²) in [5.74, 6) is 0.582. The van der Waals surface area contributed by atoms with Crippen LogP contribution in [-0.4, -0.2) is 26.1 Å². The summed E-state index contributed by atoms with van der Waals surface area (Å²) < 4.78 is 8.64. The Morgan fingerprint density at radius 2 is 2.09 bits per heavy atom. The molecule has 0 aliphatic carbocycles. The predicted molar refractivity (Wildman–Crippen MR) is 92.0 cm³/mol. The second kappa shape index (κ2) is 6.07. The van der Waals surface area contributed by atoms with Gasteiger partial charge in [-0.2, -0.15) is 9.97 Å². The first-order valence-electron chi connectivity index (χ1n) is 7.25. The van der Waals surface area contributed by atoms with Crippen LogP contribution < -0.4 is 5.32 Å². The zero-order valence-electron chi connectivity index (χ0n) is 12.0. The molecular formula is C15H13BrClN5O. The van der Waals surface area contributed by atoms with Crippen LogP contribution in [0.1, 0.15) is 19.1 Å². The topological polar surface area (TPSA) is 64.9 Å². The fourth-order valence-electron chi connectivity index (χ4n) is 2.64. The molecule has 4 rings (SSSR count). The summed E-state index contributed by atoms with van der Waals surface area (Å²) in [6.45, 7) is 0.757. The lowest BCUT2D eigenvalue weighted by atomic mass is 10.3. The third kappa shape index (κ3) is 2.91. The zero-order valence-corrected chi connectivity index (χ0v) is 14.4. The molecule has 3 heterocycles. The van der Waals surface area contributed by atoms with Crippen molar-refractivity contribution in [2.24, 2.45) is 0 Å². The minimum atomic E-state index is -0.0357. The van der Waals surface area contributed by atoms with Crippen LogP contribution in [0.2, 0.25) is 5.28 Å². The van der Waals surface area contributed by atoms with Gasteiger partial charge in [-0.3, -0.25) is 4.57 Å². The molecule has 23 heavy (non-hydrogen) atoms. The Labute approximate surface area is 146 Å². The van der Waals surface area contributed by atoms with E-state index in [9.17, 15) is 0 Å². The number of nitrogens with one attached hydrogen (secondary N) is 1. The number of ether oxygens (including phenoxy) is 1. The molecule has 0 amide bonds. The highest BCUT2D eigenvalue weighted by atomic mass is 79.9. The molecule has 1 aliphatic heterocycles. The van der Waals surface area contributed by atoms with E-state index in [1.807, 2.05) is 28.8 Å². The lowest BCUT2D eigenvalue weighted by Gasteiger charge is -2.12. The van der Waals surface area contributed by atoms with E-state index in [0.717, 1.165) is 29.6 Å². The number of aromatic nitrogens is 4. The molecule has 0 spiro atoms. The quantitative estimate of drug-likeness (QED) is 0.671. The molecule has 8 heteroatoms. The SMILES string of the molecule is Clc1nc(Nc2ccc(Br)cc2)c2ncn(C3CCCO3)c2n1. The predicted octanol–water partition coefficient (Wildman–Crippen LogP) is 4.29. The number of imidazole rings is 1. The Hall–Kier alpha value is -1.70. The first-order valence-corrected chi connectivity index (χ1v) is 8.42. The summed E-state index contributed by atoms with van der Waals surface area (Å²) in [5, 5.41) is 3.42. The minimum absolute atomic E-state index is 0.0357. The van der Waals surface area contributed by atoms with Crippen LogP contribution in [0.5, 0.6) is 0 Å². The van der Waals surface area contributed by atoms with Crippen molar-refractivity contribution < 1.29 is 4.74 Å². The van der Waals surface area contributed by atoms with Gasteiger partial charge in [-0.1, -0.05) is 15.9 Å². The van der Waals surface area contributed by atoms with Gasteiger partial charge in [-0.25, -0.2) is 4.98 Å². The number of anilines is 2. The average Bonchev–Trinajstić information content (AvgIpc) is 3.18. The van der Waals surface area contributed by atoms with Gasteiger partial charge in [0.1, 0.15) is 6.23 Å². The lowest BCUT2D eigenvalue weighted by Crippen LogP contribution is -2.07. The molecular weight excluding hydrogens is 382 g/mol. The molecule has 6 nitrogen and oxygen atoms in total. The van der Waals surface area contributed by atoms with Gasteiger partial charge in [0.15, 0.2) is 17.0 Å². The molecule has 1 atom stereocenters.